The summed E-state index contributed by atoms with van der Waals surface area (Å²) in [6.45, 7) is 0. The van der Waals surface area contributed by atoms with Gasteiger partial charge in [0.05, 0.1) is 18.0 Å². The summed E-state index contributed by atoms with van der Waals surface area (Å²) in [5, 5.41) is 9.85. The van der Waals surface area contributed by atoms with Crippen molar-refractivity contribution in [1.29, 1.82) is 0 Å². The van der Waals surface area contributed by atoms with E-state index in [0.717, 1.165) is 6.20 Å². The summed E-state index contributed by atoms with van der Waals surface area (Å²) in [6, 6.07) is 8.64. The molecular formula is C13H11F2NO. The molecule has 0 amide bonds. The Bertz CT molecular complexity index is 499. The first-order valence-corrected chi connectivity index (χ1v) is 5.19. The van der Waals surface area contributed by atoms with Crippen LogP contribution in [0.4, 0.5) is 8.78 Å². The lowest BCUT2D eigenvalue weighted by Gasteiger charge is -2.09. The van der Waals surface area contributed by atoms with Crippen molar-refractivity contribution in [2.45, 2.75) is 12.5 Å². The number of aromatic nitrogens is 1. The molecule has 1 heterocycles. The smallest absolute Gasteiger partial charge is 0.141 e. The van der Waals surface area contributed by atoms with Gasteiger partial charge in [-0.1, -0.05) is 12.1 Å². The average molecular weight is 235 g/mol. The summed E-state index contributed by atoms with van der Waals surface area (Å²) in [7, 11) is 0. The predicted molar refractivity (Wildman–Crippen MR) is 59.3 cm³/mol. The maximum atomic E-state index is 12.9. The van der Waals surface area contributed by atoms with Crippen molar-refractivity contribution in [1.82, 2.24) is 4.98 Å². The summed E-state index contributed by atoms with van der Waals surface area (Å²) < 4.78 is 25.6. The SMILES string of the molecule is OC(Cc1cccc(F)c1)c1ccc(F)cn1. The van der Waals surface area contributed by atoms with Gasteiger partial charge in [-0.25, -0.2) is 8.78 Å². The normalized spacial score (nSPS) is 12.4. The molecular weight excluding hydrogens is 224 g/mol. The third-order valence-corrected chi connectivity index (χ3v) is 2.41. The van der Waals surface area contributed by atoms with Crippen molar-refractivity contribution >= 4 is 0 Å². The van der Waals surface area contributed by atoms with E-state index in [1.807, 2.05) is 0 Å². The number of hydrogen-bond acceptors (Lipinski definition) is 2. The molecule has 1 unspecified atom stereocenters. The molecule has 88 valence electrons. The molecule has 1 N–H and O–H groups in total. The fourth-order valence-corrected chi connectivity index (χ4v) is 1.58. The van der Waals surface area contributed by atoms with Gasteiger partial charge in [-0.2, -0.15) is 0 Å². The van der Waals surface area contributed by atoms with Crippen molar-refractivity contribution in [3.8, 4) is 0 Å². The van der Waals surface area contributed by atoms with Crippen LogP contribution in [0.15, 0.2) is 42.6 Å². The monoisotopic (exact) mass is 235 g/mol. The van der Waals surface area contributed by atoms with E-state index in [1.165, 1.54) is 24.3 Å². The Hall–Kier alpha value is -1.81. The second-order valence-electron chi connectivity index (χ2n) is 3.75. The summed E-state index contributed by atoms with van der Waals surface area (Å²) >= 11 is 0. The van der Waals surface area contributed by atoms with Crippen LogP contribution in [0.25, 0.3) is 0 Å². The molecule has 4 heteroatoms. The van der Waals surface area contributed by atoms with Crippen LogP contribution in [0.1, 0.15) is 17.4 Å². The Labute approximate surface area is 97.6 Å². The zero-order valence-electron chi connectivity index (χ0n) is 8.98. The van der Waals surface area contributed by atoms with Gasteiger partial charge in [-0.3, -0.25) is 4.98 Å². The van der Waals surface area contributed by atoms with Crippen LogP contribution < -0.4 is 0 Å². The largest absolute Gasteiger partial charge is 0.386 e. The average Bonchev–Trinajstić information content (AvgIpc) is 2.29. The fraction of sp³-hybridized carbons (Fsp3) is 0.154. The maximum Gasteiger partial charge on any atom is 0.141 e. The summed E-state index contributed by atoms with van der Waals surface area (Å²) in [6.07, 6.45) is 0.429. The summed E-state index contributed by atoms with van der Waals surface area (Å²) in [5.74, 6) is -0.798. The highest BCUT2D eigenvalue weighted by Crippen LogP contribution is 2.17. The van der Waals surface area contributed by atoms with Crippen molar-refractivity contribution in [3.05, 3.63) is 65.5 Å². The molecule has 1 atom stereocenters. The molecule has 0 saturated carbocycles. The van der Waals surface area contributed by atoms with Crippen molar-refractivity contribution < 1.29 is 13.9 Å². The highest BCUT2D eigenvalue weighted by atomic mass is 19.1. The van der Waals surface area contributed by atoms with E-state index in [1.54, 1.807) is 12.1 Å². The van der Waals surface area contributed by atoms with Crippen molar-refractivity contribution in [3.63, 3.8) is 0 Å². The second-order valence-corrected chi connectivity index (χ2v) is 3.75. The van der Waals surface area contributed by atoms with Gasteiger partial charge >= 0.3 is 0 Å². The number of aliphatic hydroxyl groups is 1. The van der Waals surface area contributed by atoms with Crippen molar-refractivity contribution in [2.75, 3.05) is 0 Å². The summed E-state index contributed by atoms with van der Waals surface area (Å²) in [4.78, 5) is 3.78. The Kier molecular flexibility index (Phi) is 3.44. The van der Waals surface area contributed by atoms with E-state index in [-0.39, 0.29) is 12.2 Å². The molecule has 2 nitrogen and oxygen atoms in total. The highest BCUT2D eigenvalue weighted by molar-refractivity contribution is 5.19. The topological polar surface area (TPSA) is 33.1 Å². The third-order valence-electron chi connectivity index (χ3n) is 2.41. The van der Waals surface area contributed by atoms with Gasteiger partial charge < -0.3 is 5.11 Å². The number of rotatable bonds is 3. The van der Waals surface area contributed by atoms with E-state index >= 15 is 0 Å². The van der Waals surface area contributed by atoms with E-state index in [2.05, 4.69) is 4.98 Å². The number of nitrogens with zero attached hydrogens (tertiary/aromatic N) is 1. The predicted octanol–water partition coefficient (Wildman–Crippen LogP) is 2.64. The number of benzene rings is 1. The van der Waals surface area contributed by atoms with Crippen LogP contribution in [-0.2, 0) is 6.42 Å². The first-order chi connectivity index (χ1) is 8.15. The van der Waals surface area contributed by atoms with Crippen molar-refractivity contribution in [2.24, 2.45) is 0 Å². The number of pyridine rings is 1. The molecule has 0 spiro atoms. The van der Waals surface area contributed by atoms with Crippen LogP contribution in [0.2, 0.25) is 0 Å². The van der Waals surface area contributed by atoms with Gasteiger partial charge in [-0.05, 0) is 29.8 Å². The highest BCUT2D eigenvalue weighted by Gasteiger charge is 2.10. The standard InChI is InChI=1S/C13H11F2NO/c14-10-3-1-2-9(6-10)7-13(17)12-5-4-11(15)8-16-12/h1-6,8,13,17H,7H2. The number of aliphatic hydroxyl groups excluding tert-OH is 1. The van der Waals surface area contributed by atoms with E-state index in [4.69, 9.17) is 0 Å². The third kappa shape index (κ3) is 3.07. The Morgan fingerprint density at radius 1 is 1.12 bits per heavy atom. The molecule has 2 rings (SSSR count). The minimum atomic E-state index is -0.864. The molecule has 0 bridgehead atoms. The van der Waals surface area contributed by atoms with Gasteiger partial charge in [0.15, 0.2) is 0 Å². The quantitative estimate of drug-likeness (QED) is 0.887. The van der Waals surface area contributed by atoms with Crippen LogP contribution >= 0.6 is 0 Å². The Morgan fingerprint density at radius 2 is 1.94 bits per heavy atom. The minimum absolute atomic E-state index is 0.246. The van der Waals surface area contributed by atoms with Crippen LogP contribution in [0, 0.1) is 11.6 Å². The first kappa shape index (κ1) is 11.7. The van der Waals surface area contributed by atoms with E-state index in [0.29, 0.717) is 11.3 Å². The van der Waals surface area contributed by atoms with Crippen LogP contribution in [0.3, 0.4) is 0 Å². The zero-order chi connectivity index (χ0) is 12.3. The Balaban J connectivity index is 2.11. The molecule has 0 fully saturated rings. The second kappa shape index (κ2) is 5.01. The Morgan fingerprint density at radius 3 is 2.59 bits per heavy atom. The molecule has 0 radical (unpaired) electrons. The van der Waals surface area contributed by atoms with Gasteiger partial charge in [0, 0.05) is 6.42 Å². The molecule has 17 heavy (non-hydrogen) atoms. The molecule has 2 aromatic rings. The van der Waals surface area contributed by atoms with Crippen LogP contribution in [0.5, 0.6) is 0 Å². The van der Waals surface area contributed by atoms with Gasteiger partial charge in [0.1, 0.15) is 11.6 Å². The summed E-state index contributed by atoms with van der Waals surface area (Å²) in [5.41, 5.74) is 1.04. The van der Waals surface area contributed by atoms with Gasteiger partial charge in [0.2, 0.25) is 0 Å². The van der Waals surface area contributed by atoms with E-state index in [9.17, 15) is 13.9 Å². The van der Waals surface area contributed by atoms with E-state index < -0.39 is 11.9 Å². The van der Waals surface area contributed by atoms with Gasteiger partial charge in [0.25, 0.3) is 0 Å². The zero-order valence-corrected chi connectivity index (χ0v) is 8.98. The molecule has 1 aromatic heterocycles. The van der Waals surface area contributed by atoms with Crippen LogP contribution in [-0.4, -0.2) is 10.1 Å². The molecule has 0 aliphatic heterocycles. The lowest BCUT2D eigenvalue weighted by atomic mass is 10.1. The number of hydrogen-bond donors (Lipinski definition) is 1. The van der Waals surface area contributed by atoms with Gasteiger partial charge in [-0.15, -0.1) is 0 Å². The molecule has 0 aliphatic carbocycles. The maximum absolute atomic E-state index is 12.9. The molecule has 0 aliphatic rings. The number of halogens is 2. The first-order valence-electron chi connectivity index (χ1n) is 5.19. The lowest BCUT2D eigenvalue weighted by Crippen LogP contribution is -2.04. The minimum Gasteiger partial charge on any atom is -0.386 e. The molecule has 1 aromatic carbocycles. The fourth-order valence-electron chi connectivity index (χ4n) is 1.58. The lowest BCUT2D eigenvalue weighted by molar-refractivity contribution is 0.173. The molecule has 0 saturated heterocycles.